The van der Waals surface area contributed by atoms with Crippen molar-refractivity contribution in [2.75, 3.05) is 13.1 Å². The molecule has 94 valence electrons. The Balaban J connectivity index is 2.01. The van der Waals surface area contributed by atoms with E-state index < -0.39 is 0 Å². The molecule has 0 bridgehead atoms. The van der Waals surface area contributed by atoms with Gasteiger partial charge in [-0.15, -0.1) is 0 Å². The van der Waals surface area contributed by atoms with Crippen LogP contribution < -0.4 is 5.32 Å². The Morgan fingerprint density at radius 2 is 1.94 bits per heavy atom. The summed E-state index contributed by atoms with van der Waals surface area (Å²) >= 11 is 0. The van der Waals surface area contributed by atoms with Crippen LogP contribution in [-0.4, -0.2) is 36.1 Å². The maximum absolute atomic E-state index is 3.71. The van der Waals surface area contributed by atoms with E-state index >= 15 is 0 Å². The van der Waals surface area contributed by atoms with Gasteiger partial charge in [0.25, 0.3) is 0 Å². The molecule has 1 aliphatic carbocycles. The molecule has 0 aromatic carbocycles. The molecule has 1 saturated heterocycles. The molecule has 0 radical (unpaired) electrons. The molecule has 0 aromatic rings. The molecular weight excluding hydrogens is 196 g/mol. The van der Waals surface area contributed by atoms with Gasteiger partial charge in [0.05, 0.1) is 0 Å². The average molecular weight is 224 g/mol. The van der Waals surface area contributed by atoms with Crippen molar-refractivity contribution in [1.29, 1.82) is 0 Å². The summed E-state index contributed by atoms with van der Waals surface area (Å²) in [6.45, 7) is 9.54. The molecule has 0 amide bonds. The highest BCUT2D eigenvalue weighted by molar-refractivity contribution is 4.92. The first-order valence-electron chi connectivity index (χ1n) is 7.21. The van der Waals surface area contributed by atoms with E-state index in [4.69, 9.17) is 0 Å². The smallest absolute Gasteiger partial charge is 0.0247 e. The topological polar surface area (TPSA) is 15.3 Å². The SMILES string of the molecule is CCC1CN(C2CCCC2)C(C(C)C)CN1. The van der Waals surface area contributed by atoms with Crippen LogP contribution >= 0.6 is 0 Å². The number of hydrogen-bond acceptors (Lipinski definition) is 2. The molecule has 2 fully saturated rings. The summed E-state index contributed by atoms with van der Waals surface area (Å²) in [5.74, 6) is 0.783. The molecule has 1 heterocycles. The first kappa shape index (κ1) is 12.4. The third-order valence-electron chi connectivity index (χ3n) is 4.53. The van der Waals surface area contributed by atoms with Gasteiger partial charge >= 0.3 is 0 Å². The van der Waals surface area contributed by atoms with Crippen molar-refractivity contribution in [1.82, 2.24) is 10.2 Å². The molecule has 2 nitrogen and oxygen atoms in total. The van der Waals surface area contributed by atoms with Crippen LogP contribution in [0.4, 0.5) is 0 Å². The van der Waals surface area contributed by atoms with Crippen molar-refractivity contribution in [3.8, 4) is 0 Å². The fourth-order valence-corrected chi connectivity index (χ4v) is 3.41. The van der Waals surface area contributed by atoms with Gasteiger partial charge in [0.15, 0.2) is 0 Å². The number of hydrogen-bond donors (Lipinski definition) is 1. The highest BCUT2D eigenvalue weighted by atomic mass is 15.3. The van der Waals surface area contributed by atoms with Crippen LogP contribution in [0.3, 0.4) is 0 Å². The molecule has 0 aromatic heterocycles. The van der Waals surface area contributed by atoms with Crippen LogP contribution in [0, 0.1) is 5.92 Å². The van der Waals surface area contributed by atoms with Gasteiger partial charge in [-0.2, -0.15) is 0 Å². The van der Waals surface area contributed by atoms with Crippen molar-refractivity contribution in [2.24, 2.45) is 5.92 Å². The molecule has 0 spiro atoms. The van der Waals surface area contributed by atoms with Crippen molar-refractivity contribution in [2.45, 2.75) is 71.0 Å². The lowest BCUT2D eigenvalue weighted by Gasteiger charge is -2.45. The van der Waals surface area contributed by atoms with Crippen molar-refractivity contribution in [3.05, 3.63) is 0 Å². The lowest BCUT2D eigenvalue weighted by atomic mass is 9.95. The molecule has 2 heteroatoms. The molecule has 1 N–H and O–H groups in total. The van der Waals surface area contributed by atoms with Gasteiger partial charge in [-0.3, -0.25) is 4.90 Å². The Bertz CT molecular complexity index is 209. The zero-order chi connectivity index (χ0) is 11.5. The zero-order valence-electron chi connectivity index (χ0n) is 11.2. The van der Waals surface area contributed by atoms with Gasteiger partial charge in [-0.25, -0.2) is 0 Å². The Kier molecular flexibility index (Phi) is 4.26. The minimum atomic E-state index is 0.732. The fourth-order valence-electron chi connectivity index (χ4n) is 3.41. The fraction of sp³-hybridized carbons (Fsp3) is 1.00. The Morgan fingerprint density at radius 1 is 1.25 bits per heavy atom. The summed E-state index contributed by atoms with van der Waals surface area (Å²) in [5, 5.41) is 3.71. The Hall–Kier alpha value is -0.0800. The Labute approximate surface area is 101 Å². The number of piperazine rings is 1. The summed E-state index contributed by atoms with van der Waals surface area (Å²) in [5.41, 5.74) is 0. The highest BCUT2D eigenvalue weighted by Gasteiger charge is 2.34. The maximum Gasteiger partial charge on any atom is 0.0247 e. The van der Waals surface area contributed by atoms with Crippen LogP contribution in [0.25, 0.3) is 0 Å². The first-order valence-corrected chi connectivity index (χ1v) is 7.21. The summed E-state index contributed by atoms with van der Waals surface area (Å²) in [6.07, 6.45) is 7.07. The van der Waals surface area contributed by atoms with Gasteiger partial charge in [0.1, 0.15) is 0 Å². The molecule has 16 heavy (non-hydrogen) atoms. The van der Waals surface area contributed by atoms with Crippen molar-refractivity contribution in [3.63, 3.8) is 0 Å². The second kappa shape index (κ2) is 5.50. The molecule has 2 rings (SSSR count). The predicted molar refractivity (Wildman–Crippen MR) is 69.7 cm³/mol. The van der Waals surface area contributed by atoms with E-state index in [1.54, 1.807) is 0 Å². The first-order chi connectivity index (χ1) is 7.72. The van der Waals surface area contributed by atoms with Gasteiger partial charge in [0.2, 0.25) is 0 Å². The maximum atomic E-state index is 3.71. The lowest BCUT2D eigenvalue weighted by Crippen LogP contribution is -2.60. The number of rotatable bonds is 3. The molecule has 2 aliphatic rings. The standard InChI is InChI=1S/C14H28N2/c1-4-12-10-16(13-7-5-6-8-13)14(9-15-12)11(2)3/h11-15H,4-10H2,1-3H3. The van der Waals surface area contributed by atoms with Crippen LogP contribution in [0.5, 0.6) is 0 Å². The summed E-state index contributed by atoms with van der Waals surface area (Å²) in [4.78, 5) is 2.84. The van der Waals surface area contributed by atoms with Crippen LogP contribution in [0.15, 0.2) is 0 Å². The second-order valence-corrected chi connectivity index (χ2v) is 5.96. The molecule has 1 aliphatic heterocycles. The van der Waals surface area contributed by atoms with E-state index in [-0.39, 0.29) is 0 Å². The van der Waals surface area contributed by atoms with E-state index in [9.17, 15) is 0 Å². The summed E-state index contributed by atoms with van der Waals surface area (Å²) in [6, 6.07) is 2.39. The minimum absolute atomic E-state index is 0.732. The molecule has 2 unspecified atom stereocenters. The van der Waals surface area contributed by atoms with Gasteiger partial charge in [0, 0.05) is 31.2 Å². The Morgan fingerprint density at radius 3 is 2.50 bits per heavy atom. The van der Waals surface area contributed by atoms with Crippen LogP contribution in [0.1, 0.15) is 52.9 Å². The van der Waals surface area contributed by atoms with Gasteiger partial charge in [-0.1, -0.05) is 33.6 Å². The predicted octanol–water partition coefficient (Wildman–Crippen LogP) is 2.64. The number of nitrogens with one attached hydrogen (secondary N) is 1. The molecule has 1 saturated carbocycles. The minimum Gasteiger partial charge on any atom is -0.311 e. The summed E-state index contributed by atoms with van der Waals surface area (Å²) < 4.78 is 0. The van der Waals surface area contributed by atoms with Crippen molar-refractivity contribution >= 4 is 0 Å². The largest absolute Gasteiger partial charge is 0.311 e. The molecular formula is C14H28N2. The molecule has 2 atom stereocenters. The van der Waals surface area contributed by atoms with Gasteiger partial charge in [-0.05, 0) is 25.2 Å². The normalized spacial score (nSPS) is 33.8. The average Bonchev–Trinajstić information content (AvgIpc) is 2.81. The monoisotopic (exact) mass is 224 g/mol. The number of nitrogens with zero attached hydrogens (tertiary/aromatic N) is 1. The van der Waals surface area contributed by atoms with Crippen LogP contribution in [-0.2, 0) is 0 Å². The van der Waals surface area contributed by atoms with Gasteiger partial charge < -0.3 is 5.32 Å². The van der Waals surface area contributed by atoms with E-state index in [1.165, 1.54) is 45.2 Å². The zero-order valence-corrected chi connectivity index (χ0v) is 11.2. The third-order valence-corrected chi connectivity index (χ3v) is 4.53. The third kappa shape index (κ3) is 2.60. The van der Waals surface area contributed by atoms with E-state index in [0.717, 1.165) is 24.0 Å². The van der Waals surface area contributed by atoms with E-state index in [0.29, 0.717) is 0 Å². The van der Waals surface area contributed by atoms with E-state index in [1.807, 2.05) is 0 Å². The lowest BCUT2D eigenvalue weighted by molar-refractivity contribution is 0.0569. The highest BCUT2D eigenvalue weighted by Crippen LogP contribution is 2.29. The van der Waals surface area contributed by atoms with E-state index in [2.05, 4.69) is 31.0 Å². The quantitative estimate of drug-likeness (QED) is 0.793. The second-order valence-electron chi connectivity index (χ2n) is 5.96. The van der Waals surface area contributed by atoms with Crippen molar-refractivity contribution < 1.29 is 0 Å². The summed E-state index contributed by atoms with van der Waals surface area (Å²) in [7, 11) is 0. The van der Waals surface area contributed by atoms with Crippen LogP contribution in [0.2, 0.25) is 0 Å².